The molecular weight excluding hydrogens is 364 g/mol. The molecule has 8 heteroatoms. The molecule has 3 aromatic rings. The van der Waals surface area contributed by atoms with E-state index >= 15 is 0 Å². The molecule has 0 saturated carbocycles. The molecule has 8 nitrogen and oxygen atoms in total. The van der Waals surface area contributed by atoms with Gasteiger partial charge in [0, 0.05) is 5.69 Å². The highest BCUT2D eigenvalue weighted by Crippen LogP contribution is 2.23. The zero-order valence-electron chi connectivity index (χ0n) is 14.2. The minimum absolute atomic E-state index is 0.104. The molecule has 1 N–H and O–H groups in total. The van der Waals surface area contributed by atoms with E-state index in [9.17, 15) is 19.2 Å². The van der Waals surface area contributed by atoms with Crippen LogP contribution in [-0.2, 0) is 4.84 Å². The third kappa shape index (κ3) is 3.03. The Morgan fingerprint density at radius 1 is 0.857 bits per heavy atom. The van der Waals surface area contributed by atoms with Gasteiger partial charge in [-0.25, -0.2) is 4.79 Å². The Kier molecular flexibility index (Phi) is 4.21. The van der Waals surface area contributed by atoms with Gasteiger partial charge in [-0.3, -0.25) is 14.4 Å². The van der Waals surface area contributed by atoms with Crippen LogP contribution in [-0.4, -0.2) is 28.8 Å². The topological polar surface area (TPSA) is 106 Å². The first-order chi connectivity index (χ1) is 13.5. The van der Waals surface area contributed by atoms with E-state index in [1.807, 2.05) is 0 Å². The van der Waals surface area contributed by atoms with E-state index < -0.39 is 23.7 Å². The maximum absolute atomic E-state index is 12.3. The van der Waals surface area contributed by atoms with E-state index in [0.717, 1.165) is 0 Å². The fraction of sp³-hybridized carbons (Fsp3) is 0. The molecule has 1 aliphatic heterocycles. The standard InChI is InChI=1S/C20H12N2O6/c23-17(16-6-3-11-27-16)21-13-9-7-12(8-10-13)20(26)28-22-18(24)14-4-1-2-5-15(14)19(22)25/h1-11H,(H,21,23). The van der Waals surface area contributed by atoms with Gasteiger partial charge in [0.25, 0.3) is 17.7 Å². The van der Waals surface area contributed by atoms with Crippen molar-refractivity contribution in [3.63, 3.8) is 0 Å². The lowest BCUT2D eigenvalue weighted by atomic mass is 10.1. The number of nitrogens with one attached hydrogen (secondary N) is 1. The molecule has 28 heavy (non-hydrogen) atoms. The van der Waals surface area contributed by atoms with Crippen molar-refractivity contribution < 1.29 is 28.4 Å². The number of fused-ring (bicyclic) bond motifs is 1. The van der Waals surface area contributed by atoms with Crippen molar-refractivity contribution in [3.8, 4) is 0 Å². The van der Waals surface area contributed by atoms with Gasteiger partial charge in [-0.2, -0.15) is 0 Å². The lowest BCUT2D eigenvalue weighted by molar-refractivity contribution is -0.0584. The fourth-order valence-corrected chi connectivity index (χ4v) is 2.68. The molecular formula is C20H12N2O6. The normalized spacial score (nSPS) is 12.6. The number of benzene rings is 2. The second-order valence-electron chi connectivity index (χ2n) is 5.84. The molecule has 0 bridgehead atoms. The number of nitrogens with zero attached hydrogens (tertiary/aromatic N) is 1. The Morgan fingerprint density at radius 3 is 2.07 bits per heavy atom. The largest absolute Gasteiger partial charge is 0.459 e. The van der Waals surface area contributed by atoms with E-state index in [4.69, 9.17) is 9.25 Å². The lowest BCUT2D eigenvalue weighted by Gasteiger charge is -2.12. The van der Waals surface area contributed by atoms with Crippen LogP contribution < -0.4 is 5.32 Å². The molecule has 4 rings (SSSR count). The summed E-state index contributed by atoms with van der Waals surface area (Å²) in [5, 5.41) is 3.05. The highest BCUT2D eigenvalue weighted by molar-refractivity contribution is 6.21. The van der Waals surface area contributed by atoms with Gasteiger partial charge in [0.05, 0.1) is 23.0 Å². The summed E-state index contributed by atoms with van der Waals surface area (Å²) in [4.78, 5) is 53.7. The van der Waals surface area contributed by atoms with Gasteiger partial charge in [0.1, 0.15) is 0 Å². The zero-order valence-corrected chi connectivity index (χ0v) is 14.2. The summed E-state index contributed by atoms with van der Waals surface area (Å²) < 4.78 is 5.00. The Labute approximate surface area is 158 Å². The van der Waals surface area contributed by atoms with Crippen LogP contribution in [0.25, 0.3) is 0 Å². The van der Waals surface area contributed by atoms with Gasteiger partial charge >= 0.3 is 5.97 Å². The van der Waals surface area contributed by atoms with E-state index in [-0.39, 0.29) is 22.5 Å². The van der Waals surface area contributed by atoms with Crippen LogP contribution in [0.4, 0.5) is 5.69 Å². The number of anilines is 1. The maximum atomic E-state index is 12.3. The molecule has 0 saturated heterocycles. The number of amides is 3. The molecule has 1 aromatic heterocycles. The Hall–Kier alpha value is -4.20. The van der Waals surface area contributed by atoms with Crippen LogP contribution in [0.1, 0.15) is 41.6 Å². The summed E-state index contributed by atoms with van der Waals surface area (Å²) in [7, 11) is 0. The minimum atomic E-state index is -0.876. The number of hydrogen-bond acceptors (Lipinski definition) is 6. The average Bonchev–Trinajstić information content (AvgIpc) is 3.33. The third-order valence-electron chi connectivity index (χ3n) is 4.05. The lowest BCUT2D eigenvalue weighted by Crippen LogP contribution is -2.32. The average molecular weight is 376 g/mol. The number of carbonyl (C=O) groups is 4. The molecule has 0 fully saturated rings. The first kappa shape index (κ1) is 17.2. The second-order valence-corrected chi connectivity index (χ2v) is 5.84. The van der Waals surface area contributed by atoms with Crippen molar-refractivity contribution in [1.82, 2.24) is 5.06 Å². The first-order valence-corrected chi connectivity index (χ1v) is 8.19. The van der Waals surface area contributed by atoms with Gasteiger partial charge in [-0.05, 0) is 48.5 Å². The highest BCUT2D eigenvalue weighted by Gasteiger charge is 2.38. The summed E-state index contributed by atoms with van der Waals surface area (Å²) in [6, 6.07) is 15.1. The molecule has 1 aliphatic rings. The van der Waals surface area contributed by atoms with Crippen molar-refractivity contribution in [2.45, 2.75) is 0 Å². The maximum Gasteiger partial charge on any atom is 0.363 e. The number of imide groups is 1. The molecule has 0 aliphatic carbocycles. The van der Waals surface area contributed by atoms with Crippen LogP contribution in [0.3, 0.4) is 0 Å². The summed E-state index contributed by atoms with van der Waals surface area (Å²) in [6.45, 7) is 0. The van der Waals surface area contributed by atoms with Crippen molar-refractivity contribution in [2.24, 2.45) is 0 Å². The van der Waals surface area contributed by atoms with Gasteiger partial charge in [-0.1, -0.05) is 17.2 Å². The summed E-state index contributed by atoms with van der Waals surface area (Å²) in [5.41, 5.74) is 0.888. The fourth-order valence-electron chi connectivity index (χ4n) is 2.68. The molecule has 0 unspecified atom stereocenters. The Morgan fingerprint density at radius 2 is 1.50 bits per heavy atom. The number of rotatable bonds is 4. The van der Waals surface area contributed by atoms with Crippen molar-refractivity contribution in [1.29, 1.82) is 0 Å². The van der Waals surface area contributed by atoms with Crippen LogP contribution >= 0.6 is 0 Å². The molecule has 0 atom stereocenters. The Balaban J connectivity index is 1.44. The highest BCUT2D eigenvalue weighted by atomic mass is 16.7. The molecule has 138 valence electrons. The van der Waals surface area contributed by atoms with Gasteiger partial charge in [0.15, 0.2) is 5.76 Å². The van der Waals surface area contributed by atoms with Crippen LogP contribution in [0.15, 0.2) is 71.3 Å². The van der Waals surface area contributed by atoms with E-state index in [0.29, 0.717) is 10.8 Å². The van der Waals surface area contributed by atoms with Gasteiger partial charge in [0.2, 0.25) is 0 Å². The number of carbonyl (C=O) groups excluding carboxylic acids is 4. The van der Waals surface area contributed by atoms with Gasteiger partial charge < -0.3 is 14.6 Å². The quantitative estimate of drug-likeness (QED) is 0.702. The van der Waals surface area contributed by atoms with Crippen molar-refractivity contribution in [3.05, 3.63) is 89.4 Å². The number of hydrogen-bond donors (Lipinski definition) is 1. The number of hydroxylamine groups is 2. The summed E-state index contributed by atoms with van der Waals surface area (Å²) in [5.74, 6) is -2.56. The molecule has 2 aromatic carbocycles. The first-order valence-electron chi connectivity index (χ1n) is 8.19. The van der Waals surface area contributed by atoms with E-state index in [1.165, 1.54) is 48.7 Å². The predicted octanol–water partition coefficient (Wildman–Crippen LogP) is 2.90. The SMILES string of the molecule is O=C(ON1C(=O)c2ccccc2C1=O)c1ccc(NC(=O)c2ccco2)cc1. The molecule has 0 radical (unpaired) electrons. The molecule has 0 spiro atoms. The number of furan rings is 1. The van der Waals surface area contributed by atoms with Crippen LogP contribution in [0, 0.1) is 0 Å². The summed E-state index contributed by atoms with van der Waals surface area (Å²) in [6.07, 6.45) is 1.38. The smallest absolute Gasteiger partial charge is 0.363 e. The van der Waals surface area contributed by atoms with E-state index in [1.54, 1.807) is 18.2 Å². The van der Waals surface area contributed by atoms with E-state index in [2.05, 4.69) is 5.32 Å². The van der Waals surface area contributed by atoms with Crippen molar-refractivity contribution >= 4 is 29.4 Å². The molecule has 3 amide bonds. The predicted molar refractivity (Wildman–Crippen MR) is 95.5 cm³/mol. The van der Waals surface area contributed by atoms with Crippen LogP contribution in [0.5, 0.6) is 0 Å². The zero-order chi connectivity index (χ0) is 19.7. The summed E-state index contributed by atoms with van der Waals surface area (Å²) >= 11 is 0. The second kappa shape index (κ2) is 6.84. The molecule has 2 heterocycles. The van der Waals surface area contributed by atoms with Gasteiger partial charge in [-0.15, -0.1) is 0 Å². The van der Waals surface area contributed by atoms with Crippen LogP contribution in [0.2, 0.25) is 0 Å². The van der Waals surface area contributed by atoms with Crippen molar-refractivity contribution in [2.75, 3.05) is 5.32 Å². The Bertz CT molecular complexity index is 1050. The minimum Gasteiger partial charge on any atom is -0.459 e. The third-order valence-corrected chi connectivity index (χ3v) is 4.05. The monoisotopic (exact) mass is 376 g/mol.